The lowest BCUT2D eigenvalue weighted by molar-refractivity contribution is 0.199. The Morgan fingerprint density at radius 3 is 2.94 bits per heavy atom. The third kappa shape index (κ3) is 2.83. The van der Waals surface area contributed by atoms with Crippen LogP contribution in [-0.2, 0) is 0 Å². The Morgan fingerprint density at radius 1 is 1.50 bits per heavy atom. The first kappa shape index (κ1) is 13.3. The summed E-state index contributed by atoms with van der Waals surface area (Å²) in [5, 5.41) is 9.77. The Balaban J connectivity index is 2.18. The molecule has 2 nitrogen and oxygen atoms in total. The molecule has 0 amide bonds. The molecule has 0 aromatic heterocycles. The summed E-state index contributed by atoms with van der Waals surface area (Å²) in [5.74, 6) is 0.459. The molecule has 1 aromatic rings. The van der Waals surface area contributed by atoms with Crippen LogP contribution in [0.3, 0.4) is 0 Å². The quantitative estimate of drug-likeness (QED) is 0.885. The second-order valence-corrected chi connectivity index (χ2v) is 5.27. The number of anilines is 1. The van der Waals surface area contributed by atoms with E-state index >= 15 is 0 Å². The van der Waals surface area contributed by atoms with Crippen LogP contribution in [0.15, 0.2) is 18.2 Å². The highest BCUT2D eigenvalue weighted by Crippen LogP contribution is 2.32. The first-order valence-corrected chi connectivity index (χ1v) is 6.84. The van der Waals surface area contributed by atoms with Crippen LogP contribution in [-0.4, -0.2) is 18.2 Å². The third-order valence-electron chi connectivity index (χ3n) is 3.76. The van der Waals surface area contributed by atoms with Crippen LogP contribution in [0.4, 0.5) is 10.1 Å². The van der Waals surface area contributed by atoms with E-state index in [-0.39, 0.29) is 5.82 Å². The molecule has 2 unspecified atom stereocenters. The summed E-state index contributed by atoms with van der Waals surface area (Å²) in [7, 11) is 0. The Bertz CT molecular complexity index is 405. The fourth-order valence-electron chi connectivity index (χ4n) is 2.84. The van der Waals surface area contributed by atoms with Gasteiger partial charge < -0.3 is 10.0 Å². The fraction of sp³-hybridized carbons (Fsp3) is 0.600. The van der Waals surface area contributed by atoms with Gasteiger partial charge in [0.2, 0.25) is 0 Å². The highest BCUT2D eigenvalue weighted by Gasteiger charge is 2.24. The Kier molecular flexibility index (Phi) is 4.23. The first-order chi connectivity index (χ1) is 8.61. The smallest absolute Gasteiger partial charge is 0.123 e. The summed E-state index contributed by atoms with van der Waals surface area (Å²) >= 11 is 0. The molecule has 1 N–H and O–H groups in total. The van der Waals surface area contributed by atoms with Crippen LogP contribution in [0.5, 0.6) is 0 Å². The average Bonchev–Trinajstić information content (AvgIpc) is 2.78. The zero-order valence-electron chi connectivity index (χ0n) is 11.2. The summed E-state index contributed by atoms with van der Waals surface area (Å²) in [6, 6.07) is 4.73. The van der Waals surface area contributed by atoms with Crippen LogP contribution in [0.25, 0.3) is 0 Å². The zero-order valence-corrected chi connectivity index (χ0v) is 11.2. The number of nitrogens with zero attached hydrogens (tertiary/aromatic N) is 1. The van der Waals surface area contributed by atoms with Crippen molar-refractivity contribution in [3.8, 4) is 0 Å². The van der Waals surface area contributed by atoms with Gasteiger partial charge in [-0.1, -0.05) is 13.3 Å². The molecule has 1 aliphatic rings. The number of aliphatic hydroxyl groups is 1. The Hall–Kier alpha value is -1.09. The standard InChI is InChI=1S/C15H22FNO/c1-3-4-12-7-8-17(10-12)15-6-5-13(16)9-14(15)11(2)18/h5-6,9,11-12,18H,3-4,7-8,10H2,1-2H3. The maximum absolute atomic E-state index is 13.3. The molecule has 2 atom stereocenters. The molecular formula is C15H22FNO. The van der Waals surface area contributed by atoms with E-state index in [1.165, 1.54) is 31.4 Å². The van der Waals surface area contributed by atoms with Gasteiger partial charge in [-0.15, -0.1) is 0 Å². The molecule has 0 aliphatic carbocycles. The molecule has 1 saturated heterocycles. The largest absolute Gasteiger partial charge is 0.389 e. The molecular weight excluding hydrogens is 229 g/mol. The van der Waals surface area contributed by atoms with Crippen molar-refractivity contribution in [2.24, 2.45) is 5.92 Å². The van der Waals surface area contributed by atoms with E-state index in [1.54, 1.807) is 13.0 Å². The van der Waals surface area contributed by atoms with Crippen molar-refractivity contribution in [3.63, 3.8) is 0 Å². The maximum atomic E-state index is 13.3. The van der Waals surface area contributed by atoms with Crippen molar-refractivity contribution in [3.05, 3.63) is 29.6 Å². The van der Waals surface area contributed by atoms with Crippen molar-refractivity contribution in [1.29, 1.82) is 0 Å². The lowest BCUT2D eigenvalue weighted by Gasteiger charge is -2.23. The van der Waals surface area contributed by atoms with Gasteiger partial charge in [0.1, 0.15) is 5.82 Å². The van der Waals surface area contributed by atoms with Crippen LogP contribution >= 0.6 is 0 Å². The van der Waals surface area contributed by atoms with Crippen molar-refractivity contribution in [2.45, 2.75) is 39.2 Å². The Morgan fingerprint density at radius 2 is 2.28 bits per heavy atom. The van der Waals surface area contributed by atoms with Crippen LogP contribution in [0, 0.1) is 11.7 Å². The van der Waals surface area contributed by atoms with E-state index in [0.29, 0.717) is 5.56 Å². The van der Waals surface area contributed by atoms with Crippen molar-refractivity contribution >= 4 is 5.69 Å². The van der Waals surface area contributed by atoms with Gasteiger partial charge in [0.05, 0.1) is 6.10 Å². The molecule has 1 aliphatic heterocycles. The molecule has 3 heteroatoms. The molecule has 18 heavy (non-hydrogen) atoms. The summed E-state index contributed by atoms with van der Waals surface area (Å²) < 4.78 is 13.3. The predicted octanol–water partition coefficient (Wildman–Crippen LogP) is 3.51. The topological polar surface area (TPSA) is 23.5 Å². The monoisotopic (exact) mass is 251 g/mol. The molecule has 1 fully saturated rings. The lowest BCUT2D eigenvalue weighted by Crippen LogP contribution is -2.21. The second-order valence-electron chi connectivity index (χ2n) is 5.27. The van der Waals surface area contributed by atoms with Gasteiger partial charge in [0, 0.05) is 24.3 Å². The van der Waals surface area contributed by atoms with Crippen LogP contribution in [0.1, 0.15) is 44.8 Å². The molecule has 1 heterocycles. The predicted molar refractivity (Wildman–Crippen MR) is 72.3 cm³/mol. The number of aliphatic hydroxyl groups excluding tert-OH is 1. The molecule has 2 rings (SSSR count). The normalized spacial score (nSPS) is 21.3. The molecule has 0 radical (unpaired) electrons. The van der Waals surface area contributed by atoms with E-state index in [4.69, 9.17) is 0 Å². The van der Waals surface area contributed by atoms with Gasteiger partial charge in [-0.25, -0.2) is 4.39 Å². The Labute approximate surface area is 108 Å². The van der Waals surface area contributed by atoms with Gasteiger partial charge in [-0.2, -0.15) is 0 Å². The minimum atomic E-state index is -0.624. The van der Waals surface area contributed by atoms with Gasteiger partial charge in [-0.05, 0) is 43.9 Å². The number of benzene rings is 1. The molecule has 0 saturated carbocycles. The van der Waals surface area contributed by atoms with Crippen LogP contribution < -0.4 is 4.90 Å². The molecule has 100 valence electrons. The van der Waals surface area contributed by atoms with Crippen molar-refractivity contribution in [1.82, 2.24) is 0 Å². The first-order valence-electron chi connectivity index (χ1n) is 6.84. The van der Waals surface area contributed by atoms with E-state index < -0.39 is 6.10 Å². The lowest BCUT2D eigenvalue weighted by atomic mass is 10.0. The van der Waals surface area contributed by atoms with Crippen molar-refractivity contribution < 1.29 is 9.50 Å². The number of hydrogen-bond acceptors (Lipinski definition) is 2. The van der Waals surface area contributed by atoms with Crippen LogP contribution in [0.2, 0.25) is 0 Å². The second kappa shape index (κ2) is 5.70. The van der Waals surface area contributed by atoms with E-state index in [9.17, 15) is 9.50 Å². The summed E-state index contributed by atoms with van der Waals surface area (Å²) in [5.41, 5.74) is 1.69. The van der Waals surface area contributed by atoms with E-state index in [0.717, 1.165) is 24.7 Å². The summed E-state index contributed by atoms with van der Waals surface area (Å²) in [6.45, 7) is 5.94. The number of halogens is 1. The van der Waals surface area contributed by atoms with Gasteiger partial charge in [0.25, 0.3) is 0 Å². The minimum absolute atomic E-state index is 0.279. The van der Waals surface area contributed by atoms with Gasteiger partial charge >= 0.3 is 0 Å². The fourth-order valence-corrected chi connectivity index (χ4v) is 2.84. The van der Waals surface area contributed by atoms with Gasteiger partial charge in [-0.3, -0.25) is 0 Å². The molecule has 0 bridgehead atoms. The molecule has 0 spiro atoms. The number of rotatable bonds is 4. The third-order valence-corrected chi connectivity index (χ3v) is 3.76. The highest BCUT2D eigenvalue weighted by atomic mass is 19.1. The van der Waals surface area contributed by atoms with E-state index in [1.807, 2.05) is 0 Å². The maximum Gasteiger partial charge on any atom is 0.123 e. The average molecular weight is 251 g/mol. The van der Waals surface area contributed by atoms with Crippen molar-refractivity contribution in [2.75, 3.05) is 18.0 Å². The zero-order chi connectivity index (χ0) is 13.1. The molecule has 1 aromatic carbocycles. The van der Waals surface area contributed by atoms with E-state index in [2.05, 4.69) is 11.8 Å². The van der Waals surface area contributed by atoms with Gasteiger partial charge in [0.15, 0.2) is 0 Å². The minimum Gasteiger partial charge on any atom is -0.389 e. The summed E-state index contributed by atoms with van der Waals surface area (Å²) in [6.07, 6.45) is 3.04. The SMILES string of the molecule is CCCC1CCN(c2ccc(F)cc2C(C)O)C1. The number of hydrogen-bond donors (Lipinski definition) is 1. The summed E-state index contributed by atoms with van der Waals surface area (Å²) in [4.78, 5) is 2.28. The highest BCUT2D eigenvalue weighted by molar-refractivity contribution is 5.55.